The van der Waals surface area contributed by atoms with Crippen LogP contribution in [-0.4, -0.2) is 37.0 Å². The van der Waals surface area contributed by atoms with Crippen LogP contribution in [0.1, 0.15) is 35.7 Å². The van der Waals surface area contributed by atoms with Gasteiger partial charge in [0.15, 0.2) is 0 Å². The summed E-state index contributed by atoms with van der Waals surface area (Å²) in [6, 6.07) is 9.02. The van der Waals surface area contributed by atoms with Crippen molar-refractivity contribution in [3.05, 3.63) is 35.4 Å². The van der Waals surface area contributed by atoms with Gasteiger partial charge in [-0.2, -0.15) is 5.26 Å². The minimum Gasteiger partial charge on any atom is -0.339 e. The predicted octanol–water partition coefficient (Wildman–Crippen LogP) is 2.02. The lowest BCUT2D eigenvalue weighted by molar-refractivity contribution is 0.0690. The van der Waals surface area contributed by atoms with Gasteiger partial charge in [0.05, 0.1) is 11.6 Å². The normalized spacial score (nSPS) is 15.9. The topological polar surface area (TPSA) is 56.1 Å². The molecule has 2 rings (SSSR count). The number of carbonyl (C=O) groups excluding carboxylic acids is 1. The second-order valence-corrected chi connectivity index (χ2v) is 5.24. The van der Waals surface area contributed by atoms with Crippen molar-refractivity contribution in [2.45, 2.75) is 19.8 Å². The highest BCUT2D eigenvalue weighted by Gasteiger charge is 2.23. The zero-order valence-corrected chi connectivity index (χ0v) is 11.9. The quantitative estimate of drug-likeness (QED) is 0.911. The molecule has 0 atom stereocenters. The molecule has 0 aliphatic carbocycles. The Kier molecular flexibility index (Phi) is 5.14. The van der Waals surface area contributed by atoms with Crippen LogP contribution >= 0.6 is 0 Å². The molecule has 4 nitrogen and oxygen atoms in total. The van der Waals surface area contributed by atoms with Crippen LogP contribution in [0.2, 0.25) is 0 Å². The second-order valence-electron chi connectivity index (χ2n) is 5.24. The maximum absolute atomic E-state index is 12.4. The molecule has 1 amide bonds. The third-order valence-electron chi connectivity index (χ3n) is 3.82. The Morgan fingerprint density at radius 2 is 2.20 bits per heavy atom. The van der Waals surface area contributed by atoms with Gasteiger partial charge >= 0.3 is 0 Å². The lowest BCUT2D eigenvalue weighted by Gasteiger charge is -2.32. The molecular formula is C16H21N3O. The molecule has 1 aromatic carbocycles. The first-order valence-electron chi connectivity index (χ1n) is 7.24. The predicted molar refractivity (Wildman–Crippen MR) is 78.3 cm³/mol. The Bertz CT molecular complexity index is 499. The highest BCUT2D eigenvalue weighted by molar-refractivity contribution is 5.94. The first-order chi connectivity index (χ1) is 9.74. The van der Waals surface area contributed by atoms with E-state index in [4.69, 9.17) is 5.26 Å². The van der Waals surface area contributed by atoms with E-state index in [9.17, 15) is 4.79 Å². The van der Waals surface area contributed by atoms with E-state index in [2.05, 4.69) is 18.3 Å². The summed E-state index contributed by atoms with van der Waals surface area (Å²) in [6.07, 6.45) is 2.10. The number of hydrogen-bond donors (Lipinski definition) is 1. The minimum atomic E-state index is 0.0454. The van der Waals surface area contributed by atoms with Crippen LogP contribution in [0.5, 0.6) is 0 Å². The summed E-state index contributed by atoms with van der Waals surface area (Å²) in [4.78, 5) is 14.3. The van der Waals surface area contributed by atoms with Crippen molar-refractivity contribution in [3.8, 4) is 6.07 Å². The summed E-state index contributed by atoms with van der Waals surface area (Å²) >= 11 is 0. The maximum atomic E-state index is 12.4. The highest BCUT2D eigenvalue weighted by Crippen LogP contribution is 2.18. The number of nitrogens with zero attached hydrogens (tertiary/aromatic N) is 2. The Morgan fingerprint density at radius 1 is 1.45 bits per heavy atom. The van der Waals surface area contributed by atoms with Gasteiger partial charge in [-0.25, -0.2) is 0 Å². The molecule has 0 saturated carbocycles. The number of amides is 1. The fourth-order valence-electron chi connectivity index (χ4n) is 2.59. The van der Waals surface area contributed by atoms with Gasteiger partial charge in [-0.05, 0) is 50.0 Å². The molecule has 0 spiro atoms. The molecule has 1 aliphatic heterocycles. The molecule has 20 heavy (non-hydrogen) atoms. The van der Waals surface area contributed by atoms with E-state index in [1.165, 1.54) is 0 Å². The van der Waals surface area contributed by atoms with Crippen molar-refractivity contribution in [2.24, 2.45) is 5.92 Å². The Balaban J connectivity index is 1.93. The number of rotatable bonds is 4. The van der Waals surface area contributed by atoms with E-state index in [1.807, 2.05) is 4.90 Å². The first-order valence-corrected chi connectivity index (χ1v) is 7.24. The van der Waals surface area contributed by atoms with Crippen LogP contribution in [0.15, 0.2) is 24.3 Å². The van der Waals surface area contributed by atoms with E-state index in [0.29, 0.717) is 17.0 Å². The van der Waals surface area contributed by atoms with E-state index >= 15 is 0 Å². The maximum Gasteiger partial charge on any atom is 0.253 e. The lowest BCUT2D eigenvalue weighted by atomic mass is 9.96. The standard InChI is InChI=1S/C16H21N3O/c1-2-18-12-13-6-8-19(9-7-13)16(20)15-5-3-4-14(10-15)11-17/h3-5,10,13,18H,2,6-9,12H2,1H3. The van der Waals surface area contributed by atoms with Crippen molar-refractivity contribution < 1.29 is 4.79 Å². The summed E-state index contributed by atoms with van der Waals surface area (Å²) in [5, 5.41) is 12.3. The minimum absolute atomic E-state index is 0.0454. The van der Waals surface area contributed by atoms with Crippen LogP contribution in [0.3, 0.4) is 0 Å². The SMILES string of the molecule is CCNCC1CCN(C(=O)c2cccc(C#N)c2)CC1. The first kappa shape index (κ1) is 14.5. The monoisotopic (exact) mass is 271 g/mol. The van der Waals surface area contributed by atoms with Gasteiger partial charge in [0, 0.05) is 18.7 Å². The summed E-state index contributed by atoms with van der Waals surface area (Å²) in [7, 11) is 0. The largest absolute Gasteiger partial charge is 0.339 e. The average Bonchev–Trinajstić information content (AvgIpc) is 2.52. The fraction of sp³-hybridized carbons (Fsp3) is 0.500. The molecule has 1 aromatic rings. The van der Waals surface area contributed by atoms with E-state index in [1.54, 1.807) is 24.3 Å². The number of nitriles is 1. The number of hydrogen-bond acceptors (Lipinski definition) is 3. The molecule has 1 fully saturated rings. The average molecular weight is 271 g/mol. The molecule has 1 N–H and O–H groups in total. The molecule has 0 unspecified atom stereocenters. The van der Waals surface area contributed by atoms with Crippen LogP contribution < -0.4 is 5.32 Å². The zero-order valence-electron chi connectivity index (χ0n) is 11.9. The van der Waals surface area contributed by atoms with E-state index in [0.717, 1.165) is 39.0 Å². The third-order valence-corrected chi connectivity index (χ3v) is 3.82. The van der Waals surface area contributed by atoms with Gasteiger partial charge in [0.25, 0.3) is 5.91 Å². The molecule has 1 aliphatic rings. The number of piperidine rings is 1. The van der Waals surface area contributed by atoms with E-state index in [-0.39, 0.29) is 5.91 Å². The zero-order chi connectivity index (χ0) is 14.4. The van der Waals surface area contributed by atoms with E-state index < -0.39 is 0 Å². The lowest BCUT2D eigenvalue weighted by Crippen LogP contribution is -2.40. The van der Waals surface area contributed by atoms with Gasteiger partial charge in [-0.1, -0.05) is 13.0 Å². The molecule has 4 heteroatoms. The molecule has 1 heterocycles. The molecule has 0 aromatic heterocycles. The van der Waals surface area contributed by atoms with Gasteiger partial charge < -0.3 is 10.2 Å². The second kappa shape index (κ2) is 7.06. The Morgan fingerprint density at radius 3 is 2.85 bits per heavy atom. The van der Waals surface area contributed by atoms with Crippen LogP contribution in [0.4, 0.5) is 0 Å². The Labute approximate surface area is 120 Å². The van der Waals surface area contributed by atoms with Crippen LogP contribution in [-0.2, 0) is 0 Å². The van der Waals surface area contributed by atoms with Gasteiger partial charge in [-0.3, -0.25) is 4.79 Å². The van der Waals surface area contributed by atoms with Crippen molar-refractivity contribution in [3.63, 3.8) is 0 Å². The van der Waals surface area contributed by atoms with Crippen molar-refractivity contribution in [1.29, 1.82) is 5.26 Å². The van der Waals surface area contributed by atoms with Gasteiger partial charge in [0.1, 0.15) is 0 Å². The van der Waals surface area contributed by atoms with Gasteiger partial charge in [-0.15, -0.1) is 0 Å². The number of likely N-dealkylation sites (tertiary alicyclic amines) is 1. The van der Waals surface area contributed by atoms with Crippen molar-refractivity contribution in [2.75, 3.05) is 26.2 Å². The Hall–Kier alpha value is -1.86. The van der Waals surface area contributed by atoms with Crippen LogP contribution in [0, 0.1) is 17.2 Å². The van der Waals surface area contributed by atoms with Crippen molar-refractivity contribution in [1.82, 2.24) is 10.2 Å². The summed E-state index contributed by atoms with van der Waals surface area (Å²) in [5.74, 6) is 0.716. The fourth-order valence-corrected chi connectivity index (χ4v) is 2.59. The van der Waals surface area contributed by atoms with Crippen molar-refractivity contribution >= 4 is 5.91 Å². The summed E-state index contributed by atoms with van der Waals surface area (Å²) in [6.45, 7) is 5.78. The van der Waals surface area contributed by atoms with Crippen LogP contribution in [0.25, 0.3) is 0 Å². The summed E-state index contributed by atoms with van der Waals surface area (Å²) in [5.41, 5.74) is 1.16. The van der Waals surface area contributed by atoms with Gasteiger partial charge in [0.2, 0.25) is 0 Å². The smallest absolute Gasteiger partial charge is 0.253 e. The molecule has 1 saturated heterocycles. The number of benzene rings is 1. The summed E-state index contributed by atoms with van der Waals surface area (Å²) < 4.78 is 0. The molecule has 0 radical (unpaired) electrons. The third kappa shape index (κ3) is 3.58. The number of carbonyl (C=O) groups is 1. The molecule has 0 bridgehead atoms. The highest BCUT2D eigenvalue weighted by atomic mass is 16.2. The molecular weight excluding hydrogens is 250 g/mol. The number of nitrogens with one attached hydrogen (secondary N) is 1. The molecule has 106 valence electrons.